The molecule has 0 atom stereocenters. The Morgan fingerprint density at radius 1 is 1.26 bits per heavy atom. The molecule has 0 radical (unpaired) electrons. The minimum Gasteiger partial charge on any atom is -0.490 e. The van der Waals surface area contributed by atoms with Crippen molar-refractivity contribution in [3.8, 4) is 11.5 Å². The van der Waals surface area contributed by atoms with E-state index in [1.54, 1.807) is 11.0 Å². The smallest absolute Gasteiger partial charge is 0.410 e. The van der Waals surface area contributed by atoms with Crippen LogP contribution < -0.4 is 14.8 Å². The SMILES string of the molecule is CCS(=O)(=O)c1ccc(Nc2nccc(OC3CCN(C(=O)OC(C)C)CC3)c2OC)c(F)c1. The van der Waals surface area contributed by atoms with Gasteiger partial charge in [0.15, 0.2) is 21.4 Å². The Balaban J connectivity index is 1.71. The lowest BCUT2D eigenvalue weighted by atomic mass is 10.1. The maximum absolute atomic E-state index is 14.6. The summed E-state index contributed by atoms with van der Waals surface area (Å²) in [6.45, 7) is 6.13. The van der Waals surface area contributed by atoms with Crippen molar-refractivity contribution in [1.82, 2.24) is 9.88 Å². The van der Waals surface area contributed by atoms with Crippen LogP contribution in [0.5, 0.6) is 11.5 Å². The number of likely N-dealkylation sites (tertiary alicyclic amines) is 1. The van der Waals surface area contributed by atoms with Crippen LogP contribution >= 0.6 is 0 Å². The first kappa shape index (κ1) is 25.5. The highest BCUT2D eigenvalue weighted by Crippen LogP contribution is 2.37. The molecule has 1 aromatic heterocycles. The van der Waals surface area contributed by atoms with Crippen molar-refractivity contribution in [1.29, 1.82) is 0 Å². The number of methoxy groups -OCH3 is 1. The zero-order valence-electron chi connectivity index (χ0n) is 19.7. The van der Waals surface area contributed by atoms with Crippen molar-refractivity contribution in [2.75, 3.05) is 31.3 Å². The van der Waals surface area contributed by atoms with Gasteiger partial charge in [0.2, 0.25) is 5.75 Å². The Labute approximate surface area is 199 Å². The molecular formula is C23H30FN3O6S. The first-order chi connectivity index (χ1) is 16.1. The van der Waals surface area contributed by atoms with Crippen LogP contribution in [-0.4, -0.2) is 62.6 Å². The molecule has 1 amide bonds. The van der Waals surface area contributed by atoms with Gasteiger partial charge in [0.05, 0.1) is 29.5 Å². The predicted molar refractivity (Wildman–Crippen MR) is 125 cm³/mol. The van der Waals surface area contributed by atoms with E-state index in [1.807, 2.05) is 13.8 Å². The minimum absolute atomic E-state index is 0.0509. The summed E-state index contributed by atoms with van der Waals surface area (Å²) >= 11 is 0. The highest BCUT2D eigenvalue weighted by Gasteiger charge is 2.27. The number of rotatable bonds is 8. The molecule has 0 unspecified atom stereocenters. The Morgan fingerprint density at radius 3 is 2.56 bits per heavy atom. The molecule has 0 spiro atoms. The molecule has 1 aromatic carbocycles. The first-order valence-corrected chi connectivity index (χ1v) is 12.7. The molecule has 1 aliphatic heterocycles. The number of piperidine rings is 1. The lowest BCUT2D eigenvalue weighted by molar-refractivity contribution is 0.0511. The summed E-state index contributed by atoms with van der Waals surface area (Å²) in [6.07, 6.45) is 2.07. The molecule has 1 saturated heterocycles. The summed E-state index contributed by atoms with van der Waals surface area (Å²) in [5.41, 5.74) is 0.0509. The first-order valence-electron chi connectivity index (χ1n) is 11.1. The van der Waals surface area contributed by atoms with Crippen LogP contribution in [0.25, 0.3) is 0 Å². The number of nitrogens with one attached hydrogen (secondary N) is 1. The fraction of sp³-hybridized carbons (Fsp3) is 0.478. The van der Waals surface area contributed by atoms with E-state index in [0.29, 0.717) is 31.7 Å². The quantitative estimate of drug-likeness (QED) is 0.582. The number of benzene rings is 1. The third-order valence-electron chi connectivity index (χ3n) is 5.34. The second-order valence-corrected chi connectivity index (χ2v) is 10.4. The van der Waals surface area contributed by atoms with E-state index in [-0.39, 0.29) is 46.2 Å². The van der Waals surface area contributed by atoms with Gasteiger partial charge in [-0.15, -0.1) is 0 Å². The van der Waals surface area contributed by atoms with Gasteiger partial charge < -0.3 is 24.4 Å². The number of amides is 1. The second-order valence-electron chi connectivity index (χ2n) is 8.10. The van der Waals surface area contributed by atoms with Crippen LogP contribution in [0.2, 0.25) is 0 Å². The summed E-state index contributed by atoms with van der Waals surface area (Å²) in [7, 11) is -2.07. The van der Waals surface area contributed by atoms with Crippen LogP contribution in [0, 0.1) is 5.82 Å². The van der Waals surface area contributed by atoms with E-state index in [0.717, 1.165) is 6.07 Å². The molecule has 9 nitrogen and oxygen atoms in total. The van der Waals surface area contributed by atoms with Gasteiger partial charge in [-0.2, -0.15) is 0 Å². The van der Waals surface area contributed by atoms with Gasteiger partial charge in [-0.05, 0) is 32.0 Å². The van der Waals surface area contributed by atoms with Crippen molar-refractivity contribution in [3.05, 3.63) is 36.3 Å². The van der Waals surface area contributed by atoms with Crippen molar-refractivity contribution in [2.45, 2.75) is 50.7 Å². The van der Waals surface area contributed by atoms with E-state index >= 15 is 0 Å². The Bertz CT molecular complexity index is 1120. The molecule has 2 aromatic rings. The minimum atomic E-state index is -3.52. The molecule has 0 saturated carbocycles. The summed E-state index contributed by atoms with van der Waals surface area (Å²) < 4.78 is 55.4. The van der Waals surface area contributed by atoms with E-state index < -0.39 is 15.7 Å². The number of pyridine rings is 1. The van der Waals surface area contributed by atoms with Crippen LogP contribution in [0.1, 0.15) is 33.6 Å². The molecule has 1 aliphatic rings. The maximum atomic E-state index is 14.6. The molecule has 3 rings (SSSR count). The Kier molecular flexibility index (Phi) is 8.19. The molecular weight excluding hydrogens is 465 g/mol. The molecule has 0 bridgehead atoms. The fourth-order valence-corrected chi connectivity index (χ4v) is 4.40. The zero-order chi connectivity index (χ0) is 24.9. The maximum Gasteiger partial charge on any atom is 0.410 e. The number of halogens is 1. The standard InChI is InChI=1S/C23H30FN3O6S/c1-5-34(29,30)17-6-7-19(18(24)14-17)26-22-21(31-4)20(8-11-25-22)33-16-9-12-27(13-10-16)23(28)32-15(2)3/h6-8,11,14-16H,5,9-10,12-13H2,1-4H3,(H,25,26). The van der Waals surface area contributed by atoms with Crippen LogP contribution in [0.3, 0.4) is 0 Å². The molecule has 186 valence electrons. The number of sulfone groups is 1. The normalized spacial score (nSPS) is 14.7. The molecule has 34 heavy (non-hydrogen) atoms. The highest BCUT2D eigenvalue weighted by molar-refractivity contribution is 7.91. The van der Waals surface area contributed by atoms with Crippen molar-refractivity contribution in [2.24, 2.45) is 0 Å². The van der Waals surface area contributed by atoms with Crippen LogP contribution in [-0.2, 0) is 14.6 Å². The Morgan fingerprint density at radius 2 is 1.97 bits per heavy atom. The largest absolute Gasteiger partial charge is 0.490 e. The summed E-state index contributed by atoms with van der Waals surface area (Å²) in [5, 5.41) is 2.85. The molecule has 0 aliphatic carbocycles. The number of carbonyl (C=O) groups is 1. The molecule has 1 fully saturated rings. The second kappa shape index (κ2) is 10.9. The van der Waals surface area contributed by atoms with E-state index in [1.165, 1.54) is 32.4 Å². The summed E-state index contributed by atoms with van der Waals surface area (Å²) in [6, 6.07) is 5.32. The number of hydrogen-bond donors (Lipinski definition) is 1. The molecule has 1 N–H and O–H groups in total. The topological polar surface area (TPSA) is 107 Å². The predicted octanol–water partition coefficient (Wildman–Crippen LogP) is 4.15. The Hall–Kier alpha value is -3.08. The summed E-state index contributed by atoms with van der Waals surface area (Å²) in [4.78, 5) is 17.9. The number of ether oxygens (including phenoxy) is 3. The fourth-order valence-electron chi connectivity index (χ4n) is 3.51. The van der Waals surface area contributed by atoms with Crippen molar-refractivity contribution >= 4 is 27.4 Å². The van der Waals surface area contributed by atoms with E-state index in [9.17, 15) is 17.6 Å². The molecule has 11 heteroatoms. The lowest BCUT2D eigenvalue weighted by Gasteiger charge is -2.32. The number of nitrogens with zero attached hydrogens (tertiary/aromatic N) is 2. The van der Waals surface area contributed by atoms with Gasteiger partial charge in [-0.3, -0.25) is 0 Å². The van der Waals surface area contributed by atoms with Gasteiger partial charge in [0, 0.05) is 38.2 Å². The van der Waals surface area contributed by atoms with E-state index in [4.69, 9.17) is 14.2 Å². The van der Waals surface area contributed by atoms with Gasteiger partial charge in [-0.25, -0.2) is 22.6 Å². The highest BCUT2D eigenvalue weighted by atomic mass is 32.2. The number of anilines is 2. The van der Waals surface area contributed by atoms with Crippen molar-refractivity contribution in [3.63, 3.8) is 0 Å². The van der Waals surface area contributed by atoms with Gasteiger partial charge in [-0.1, -0.05) is 6.92 Å². The number of carbonyl (C=O) groups excluding carboxylic acids is 1. The lowest BCUT2D eigenvalue weighted by Crippen LogP contribution is -2.42. The average molecular weight is 496 g/mol. The third kappa shape index (κ3) is 6.07. The number of aromatic nitrogens is 1. The number of hydrogen-bond acceptors (Lipinski definition) is 8. The van der Waals surface area contributed by atoms with E-state index in [2.05, 4.69) is 10.3 Å². The average Bonchev–Trinajstić information content (AvgIpc) is 2.80. The van der Waals surface area contributed by atoms with Gasteiger partial charge >= 0.3 is 6.09 Å². The zero-order valence-corrected chi connectivity index (χ0v) is 20.5. The van der Waals surface area contributed by atoms with Gasteiger partial charge in [0.25, 0.3) is 0 Å². The van der Waals surface area contributed by atoms with Crippen LogP contribution in [0.4, 0.5) is 20.7 Å². The third-order valence-corrected chi connectivity index (χ3v) is 7.07. The van der Waals surface area contributed by atoms with Crippen molar-refractivity contribution < 1.29 is 31.8 Å². The van der Waals surface area contributed by atoms with Gasteiger partial charge in [0.1, 0.15) is 11.9 Å². The van der Waals surface area contributed by atoms with Crippen LogP contribution in [0.15, 0.2) is 35.4 Å². The summed E-state index contributed by atoms with van der Waals surface area (Å²) in [5.74, 6) is 0.0853. The molecule has 2 heterocycles. The monoisotopic (exact) mass is 495 g/mol.